The Morgan fingerprint density at radius 1 is 0.857 bits per heavy atom. The zero-order valence-corrected chi connectivity index (χ0v) is 22.4. The van der Waals surface area contributed by atoms with Crippen LogP contribution in [0, 0.1) is 0 Å². The molecule has 0 heterocycles. The molecular formula is C30H46N2O3. The Kier molecular flexibility index (Phi) is 15.8. The molecule has 0 spiro atoms. The fraction of sp³-hybridized carbons (Fsp3) is 0.500. The Hall–Kier alpha value is -2.95. The second kappa shape index (κ2) is 18.4. The fourth-order valence-electron chi connectivity index (χ4n) is 3.47. The lowest BCUT2D eigenvalue weighted by atomic mass is 10.1. The Labute approximate surface area is 213 Å². The lowest BCUT2D eigenvalue weighted by Crippen LogP contribution is -2.34. The summed E-state index contributed by atoms with van der Waals surface area (Å²) in [5.74, 6) is 2.01. The van der Waals surface area contributed by atoms with E-state index in [0.29, 0.717) is 12.1 Å². The van der Waals surface area contributed by atoms with Crippen LogP contribution in [0.15, 0.2) is 60.8 Å². The average Bonchev–Trinajstić information content (AvgIpc) is 2.85. The predicted molar refractivity (Wildman–Crippen MR) is 147 cm³/mol. The van der Waals surface area contributed by atoms with E-state index in [9.17, 15) is 4.79 Å². The van der Waals surface area contributed by atoms with Crippen molar-refractivity contribution in [2.45, 2.75) is 72.1 Å². The number of aryl methyl sites for hydroxylation is 1. The van der Waals surface area contributed by atoms with Gasteiger partial charge in [-0.1, -0.05) is 64.0 Å². The zero-order valence-electron chi connectivity index (χ0n) is 22.4. The van der Waals surface area contributed by atoms with Crippen LogP contribution in [0.3, 0.4) is 0 Å². The van der Waals surface area contributed by atoms with E-state index in [1.165, 1.54) is 11.1 Å². The van der Waals surface area contributed by atoms with Gasteiger partial charge in [0.15, 0.2) is 0 Å². The number of nitrogens with zero attached hydrogens (tertiary/aromatic N) is 1. The Balaban J connectivity index is 0.00000142. The first-order chi connectivity index (χ1) is 16.9. The molecular weight excluding hydrogens is 436 g/mol. The van der Waals surface area contributed by atoms with Crippen molar-refractivity contribution >= 4 is 5.91 Å². The number of amides is 1. The molecule has 194 valence electrons. The van der Waals surface area contributed by atoms with Crippen LogP contribution in [0.5, 0.6) is 11.5 Å². The van der Waals surface area contributed by atoms with Gasteiger partial charge < -0.3 is 20.1 Å². The second-order valence-electron chi connectivity index (χ2n) is 8.88. The number of nitrogens with two attached hydrogens (primary N) is 1. The number of ether oxygens (including phenoxy) is 2. The lowest BCUT2D eigenvalue weighted by Gasteiger charge is -2.23. The third-order valence-corrected chi connectivity index (χ3v) is 5.53. The Bertz CT molecular complexity index is 828. The predicted octanol–water partition coefficient (Wildman–Crippen LogP) is 6.55. The minimum absolute atomic E-state index is 0.243. The van der Waals surface area contributed by atoms with Crippen molar-refractivity contribution in [1.82, 2.24) is 4.90 Å². The lowest BCUT2D eigenvalue weighted by molar-refractivity contribution is -0.131. The van der Waals surface area contributed by atoms with E-state index in [1.807, 2.05) is 29.2 Å². The highest BCUT2D eigenvalue weighted by atomic mass is 16.5. The van der Waals surface area contributed by atoms with Crippen LogP contribution in [0.1, 0.15) is 70.4 Å². The molecule has 0 bridgehead atoms. The molecule has 0 fully saturated rings. The molecule has 0 aromatic heterocycles. The molecule has 2 rings (SSSR count). The number of methoxy groups -OCH3 is 1. The van der Waals surface area contributed by atoms with Crippen LogP contribution in [0.2, 0.25) is 0 Å². The molecule has 2 aromatic carbocycles. The van der Waals surface area contributed by atoms with Crippen molar-refractivity contribution in [2.24, 2.45) is 5.73 Å². The molecule has 0 aliphatic rings. The number of allylic oxidation sites excluding steroid dienone is 1. The van der Waals surface area contributed by atoms with E-state index in [1.54, 1.807) is 14.0 Å². The summed E-state index contributed by atoms with van der Waals surface area (Å²) in [4.78, 5) is 15.0. The van der Waals surface area contributed by atoms with E-state index < -0.39 is 0 Å². The van der Waals surface area contributed by atoms with Gasteiger partial charge in [-0.25, -0.2) is 0 Å². The maximum absolute atomic E-state index is 13.0. The number of carbonyl (C=O) groups is 1. The number of rotatable bonds is 15. The summed E-state index contributed by atoms with van der Waals surface area (Å²) < 4.78 is 11.0. The third-order valence-electron chi connectivity index (χ3n) is 5.53. The highest BCUT2D eigenvalue weighted by Crippen LogP contribution is 2.16. The van der Waals surface area contributed by atoms with Gasteiger partial charge in [-0.3, -0.25) is 4.79 Å². The first-order valence-electron chi connectivity index (χ1n) is 12.9. The van der Waals surface area contributed by atoms with E-state index in [2.05, 4.69) is 44.7 Å². The zero-order chi connectivity index (χ0) is 25.9. The van der Waals surface area contributed by atoms with Crippen LogP contribution in [-0.4, -0.2) is 37.6 Å². The molecule has 0 aliphatic carbocycles. The van der Waals surface area contributed by atoms with Crippen molar-refractivity contribution in [2.75, 3.05) is 26.8 Å². The van der Waals surface area contributed by atoms with E-state index >= 15 is 0 Å². The third kappa shape index (κ3) is 14.1. The van der Waals surface area contributed by atoms with Gasteiger partial charge in [-0.05, 0) is 73.7 Å². The molecule has 1 amide bonds. The highest BCUT2D eigenvalue weighted by molar-refractivity contribution is 5.76. The number of unbranched alkanes of at least 4 members (excludes halogenated alkanes) is 3. The summed E-state index contributed by atoms with van der Waals surface area (Å²) in [5, 5.41) is 0. The van der Waals surface area contributed by atoms with Crippen LogP contribution < -0.4 is 15.2 Å². The molecule has 2 aromatic rings. The number of carbonyl (C=O) groups excluding carboxylic acids is 1. The van der Waals surface area contributed by atoms with Crippen molar-refractivity contribution in [3.05, 3.63) is 71.9 Å². The minimum atomic E-state index is 0.243. The summed E-state index contributed by atoms with van der Waals surface area (Å²) in [6.45, 7) is 11.8. The molecule has 0 aliphatic heterocycles. The summed E-state index contributed by atoms with van der Waals surface area (Å²) in [6.07, 6.45) is 7.76. The Morgan fingerprint density at radius 3 is 1.94 bits per heavy atom. The van der Waals surface area contributed by atoms with Gasteiger partial charge in [0.2, 0.25) is 5.91 Å². The van der Waals surface area contributed by atoms with Crippen molar-refractivity contribution in [3.63, 3.8) is 0 Å². The van der Waals surface area contributed by atoms with Crippen LogP contribution >= 0.6 is 0 Å². The molecule has 35 heavy (non-hydrogen) atoms. The molecule has 0 atom stereocenters. The molecule has 5 nitrogen and oxygen atoms in total. The van der Waals surface area contributed by atoms with Crippen LogP contribution in [0.4, 0.5) is 0 Å². The van der Waals surface area contributed by atoms with Crippen molar-refractivity contribution < 1.29 is 14.3 Å². The van der Waals surface area contributed by atoms with Crippen LogP contribution in [-0.2, 0) is 17.6 Å². The van der Waals surface area contributed by atoms with Gasteiger partial charge in [0, 0.05) is 19.5 Å². The maximum Gasteiger partial charge on any atom is 0.222 e. The first-order valence-corrected chi connectivity index (χ1v) is 12.9. The van der Waals surface area contributed by atoms with Gasteiger partial charge in [-0.15, -0.1) is 0 Å². The van der Waals surface area contributed by atoms with Gasteiger partial charge in [0.25, 0.3) is 0 Å². The van der Waals surface area contributed by atoms with E-state index in [4.69, 9.17) is 15.2 Å². The normalized spacial score (nSPS) is 10.2. The fourth-order valence-corrected chi connectivity index (χ4v) is 3.47. The van der Waals surface area contributed by atoms with Gasteiger partial charge >= 0.3 is 0 Å². The topological polar surface area (TPSA) is 64.8 Å². The SMILES string of the molecule is C=C(C)N.CCCCCN(CCc1ccc(OC)cc1)C(=O)CCc1ccc(OCCCC)cc1. The van der Waals surface area contributed by atoms with Crippen LogP contribution in [0.25, 0.3) is 0 Å². The first kappa shape index (κ1) is 30.1. The van der Waals surface area contributed by atoms with Gasteiger partial charge in [0.1, 0.15) is 11.5 Å². The molecule has 0 saturated carbocycles. The number of hydrogen-bond acceptors (Lipinski definition) is 4. The Morgan fingerprint density at radius 2 is 1.40 bits per heavy atom. The van der Waals surface area contributed by atoms with Gasteiger partial charge in [-0.2, -0.15) is 0 Å². The second-order valence-corrected chi connectivity index (χ2v) is 8.88. The van der Waals surface area contributed by atoms with Gasteiger partial charge in [0.05, 0.1) is 13.7 Å². The molecule has 0 radical (unpaired) electrons. The largest absolute Gasteiger partial charge is 0.497 e. The van der Waals surface area contributed by atoms with E-state index in [-0.39, 0.29) is 5.91 Å². The van der Waals surface area contributed by atoms with Crippen molar-refractivity contribution in [1.29, 1.82) is 0 Å². The monoisotopic (exact) mass is 482 g/mol. The molecule has 0 unspecified atom stereocenters. The molecule has 5 heteroatoms. The van der Waals surface area contributed by atoms with Crippen molar-refractivity contribution in [3.8, 4) is 11.5 Å². The molecule has 2 N–H and O–H groups in total. The summed E-state index contributed by atoms with van der Waals surface area (Å²) in [7, 11) is 1.68. The van der Waals surface area contributed by atoms with E-state index in [0.717, 1.165) is 76.1 Å². The minimum Gasteiger partial charge on any atom is -0.497 e. The smallest absolute Gasteiger partial charge is 0.222 e. The molecule has 0 saturated heterocycles. The summed E-state index contributed by atoms with van der Waals surface area (Å²) in [6, 6.07) is 16.3. The number of hydrogen-bond donors (Lipinski definition) is 1. The standard InChI is InChI=1S/C27H39NO3.C3H7N/c1-4-6-8-20-28(21-19-24-9-14-25(30-3)15-10-24)27(29)18-13-23-11-16-26(17-12-23)31-22-7-5-2;1-3(2)4/h9-12,14-17H,4-8,13,18-22H2,1-3H3;1,4H2,2H3. The number of benzene rings is 2. The maximum atomic E-state index is 13.0. The quantitative estimate of drug-likeness (QED) is 0.292. The summed E-state index contributed by atoms with van der Waals surface area (Å²) >= 11 is 0. The highest BCUT2D eigenvalue weighted by Gasteiger charge is 2.13. The summed E-state index contributed by atoms with van der Waals surface area (Å²) in [5.41, 5.74) is 7.99. The average molecular weight is 483 g/mol.